The second kappa shape index (κ2) is 10.2. The van der Waals surface area contributed by atoms with Gasteiger partial charge in [0.2, 0.25) is 0 Å². The summed E-state index contributed by atoms with van der Waals surface area (Å²) in [6.07, 6.45) is 5.58. The molecule has 0 aromatic carbocycles. The molecule has 2 heterocycles. The van der Waals surface area contributed by atoms with E-state index >= 15 is 0 Å². The van der Waals surface area contributed by atoms with Crippen LogP contribution in [-0.4, -0.2) is 57.7 Å². The van der Waals surface area contributed by atoms with Gasteiger partial charge < -0.3 is 23.7 Å². The van der Waals surface area contributed by atoms with Crippen molar-refractivity contribution in [1.82, 2.24) is 0 Å². The highest BCUT2D eigenvalue weighted by atomic mass is 28.4. The molecular formula is C22H40O6Si. The van der Waals surface area contributed by atoms with Crippen molar-refractivity contribution in [3.05, 3.63) is 0 Å². The van der Waals surface area contributed by atoms with Crippen molar-refractivity contribution in [3.8, 4) is 0 Å². The Bertz CT molecular complexity index is 533. The molecule has 2 aliphatic heterocycles. The monoisotopic (exact) mass is 428 g/mol. The molecule has 1 aliphatic carbocycles. The summed E-state index contributed by atoms with van der Waals surface area (Å²) in [6, 6.07) is 1.14. The third-order valence-corrected chi connectivity index (χ3v) is 9.46. The summed E-state index contributed by atoms with van der Waals surface area (Å²) in [5, 5.41) is 9.41. The highest BCUT2D eigenvalue weighted by Crippen LogP contribution is 2.43. The second-order valence-corrected chi connectivity index (χ2v) is 14.4. The molecule has 6 nitrogen and oxygen atoms in total. The van der Waals surface area contributed by atoms with Gasteiger partial charge in [0.1, 0.15) is 0 Å². The van der Waals surface area contributed by atoms with Crippen molar-refractivity contribution in [2.45, 2.75) is 90.0 Å². The minimum atomic E-state index is -1.74. The van der Waals surface area contributed by atoms with Gasteiger partial charge in [-0.25, -0.2) is 0 Å². The van der Waals surface area contributed by atoms with E-state index in [1.807, 2.05) is 0 Å². The van der Waals surface area contributed by atoms with Crippen molar-refractivity contribution in [2.24, 2.45) is 23.7 Å². The summed E-state index contributed by atoms with van der Waals surface area (Å²) in [4.78, 5) is 11.5. The lowest BCUT2D eigenvalue weighted by molar-refractivity contribution is -0.198. The van der Waals surface area contributed by atoms with Crippen LogP contribution in [0.5, 0.6) is 0 Å². The standard InChI is InChI=1S/C22H40O6Si/c1-15(2)14-29(3,4)27-13-18-17-9-8-16(22(23)24)12-26-19(17)11-20(18)28-21-7-5-6-10-25-21/h15-21H,5-14H2,1-4H3,(H,23,24)/t16-,17+,18+,19-,20+,21?/m0/s1. The fourth-order valence-corrected chi connectivity index (χ4v) is 8.13. The number of hydrogen-bond acceptors (Lipinski definition) is 5. The zero-order valence-corrected chi connectivity index (χ0v) is 19.6. The Hall–Kier alpha value is -0.473. The fraction of sp³-hybridized carbons (Fsp3) is 0.955. The van der Waals surface area contributed by atoms with E-state index in [0.717, 1.165) is 44.8 Å². The molecule has 0 aromatic heterocycles. The summed E-state index contributed by atoms with van der Waals surface area (Å²) in [7, 11) is -1.74. The van der Waals surface area contributed by atoms with E-state index in [4.69, 9.17) is 18.6 Å². The summed E-state index contributed by atoms with van der Waals surface area (Å²) in [6.45, 7) is 10.9. The van der Waals surface area contributed by atoms with Crippen molar-refractivity contribution in [1.29, 1.82) is 0 Å². The molecule has 3 rings (SSSR count). The van der Waals surface area contributed by atoms with Gasteiger partial charge in [0.15, 0.2) is 14.6 Å². The summed E-state index contributed by atoms with van der Waals surface area (Å²) in [5.41, 5.74) is 0. The molecule has 0 aromatic rings. The van der Waals surface area contributed by atoms with Crippen molar-refractivity contribution in [2.75, 3.05) is 19.8 Å². The molecule has 3 fully saturated rings. The molecule has 0 radical (unpaired) electrons. The second-order valence-electron chi connectivity index (χ2n) is 10.2. The largest absolute Gasteiger partial charge is 0.481 e. The smallest absolute Gasteiger partial charge is 0.308 e. The van der Waals surface area contributed by atoms with Gasteiger partial charge >= 0.3 is 5.97 Å². The molecule has 3 aliphatic rings. The molecule has 0 amide bonds. The molecule has 6 atom stereocenters. The zero-order chi connectivity index (χ0) is 21.0. The lowest BCUT2D eigenvalue weighted by Gasteiger charge is -2.33. The number of carboxylic acid groups (broad SMARTS) is 1. The SMILES string of the molecule is CC(C)C[Si](C)(C)OC[C@@H]1[C@H]2CC[C@H](C(=O)O)CO[C@H]2C[C@H]1OC1CCCCO1. The number of hydrogen-bond donors (Lipinski definition) is 1. The summed E-state index contributed by atoms with van der Waals surface area (Å²) >= 11 is 0. The lowest BCUT2D eigenvalue weighted by Crippen LogP contribution is -2.39. The average Bonchev–Trinajstić information content (AvgIpc) is 2.81. The number of aliphatic carboxylic acids is 1. The molecule has 168 valence electrons. The van der Waals surface area contributed by atoms with Crippen molar-refractivity contribution < 1.29 is 28.5 Å². The topological polar surface area (TPSA) is 74.2 Å². The highest BCUT2D eigenvalue weighted by Gasteiger charge is 2.48. The minimum Gasteiger partial charge on any atom is -0.481 e. The number of ether oxygens (including phenoxy) is 3. The van der Waals surface area contributed by atoms with Gasteiger partial charge in [-0.3, -0.25) is 4.79 Å². The quantitative estimate of drug-likeness (QED) is 0.581. The van der Waals surface area contributed by atoms with E-state index in [2.05, 4.69) is 26.9 Å². The van der Waals surface area contributed by atoms with Gasteiger partial charge in [-0.1, -0.05) is 13.8 Å². The maximum Gasteiger partial charge on any atom is 0.308 e. The predicted molar refractivity (Wildman–Crippen MR) is 113 cm³/mol. The molecule has 1 N–H and O–H groups in total. The summed E-state index contributed by atoms with van der Waals surface area (Å²) in [5.74, 6) is 0.0450. The first-order valence-corrected chi connectivity index (χ1v) is 14.6. The van der Waals surface area contributed by atoms with Gasteiger partial charge in [0, 0.05) is 25.6 Å². The van der Waals surface area contributed by atoms with Crippen LogP contribution >= 0.6 is 0 Å². The minimum absolute atomic E-state index is 0.0661. The van der Waals surface area contributed by atoms with E-state index in [-0.39, 0.29) is 24.4 Å². The Kier molecular flexibility index (Phi) is 8.18. The van der Waals surface area contributed by atoms with Crippen LogP contribution in [0.15, 0.2) is 0 Å². The maximum absolute atomic E-state index is 11.5. The van der Waals surface area contributed by atoms with Crippen LogP contribution in [0.25, 0.3) is 0 Å². The Morgan fingerprint density at radius 1 is 1.17 bits per heavy atom. The summed E-state index contributed by atoms with van der Waals surface area (Å²) < 4.78 is 24.9. The number of carbonyl (C=O) groups is 1. The van der Waals surface area contributed by atoms with Gasteiger partial charge in [0.25, 0.3) is 0 Å². The fourth-order valence-electron chi connectivity index (χ4n) is 5.40. The molecule has 1 unspecified atom stereocenters. The van der Waals surface area contributed by atoms with Crippen LogP contribution in [0, 0.1) is 23.7 Å². The molecule has 0 spiro atoms. The molecule has 2 saturated heterocycles. The first kappa shape index (κ1) is 23.2. The predicted octanol–water partition coefficient (Wildman–Crippen LogP) is 4.29. The van der Waals surface area contributed by atoms with Crippen LogP contribution in [0.2, 0.25) is 19.1 Å². The Morgan fingerprint density at radius 2 is 1.97 bits per heavy atom. The first-order chi connectivity index (χ1) is 13.7. The van der Waals surface area contributed by atoms with Crippen molar-refractivity contribution >= 4 is 14.3 Å². The number of carboxylic acids is 1. The van der Waals surface area contributed by atoms with E-state index in [1.165, 1.54) is 0 Å². The normalized spacial score (nSPS) is 36.0. The van der Waals surface area contributed by atoms with Crippen LogP contribution in [0.3, 0.4) is 0 Å². The Morgan fingerprint density at radius 3 is 2.62 bits per heavy atom. The zero-order valence-electron chi connectivity index (χ0n) is 18.6. The van der Waals surface area contributed by atoms with Crippen molar-refractivity contribution in [3.63, 3.8) is 0 Å². The number of fused-ring (bicyclic) bond motifs is 1. The third kappa shape index (κ3) is 6.50. The van der Waals surface area contributed by atoms with Crippen LogP contribution in [-0.2, 0) is 23.4 Å². The highest BCUT2D eigenvalue weighted by molar-refractivity contribution is 6.71. The van der Waals surface area contributed by atoms with E-state index < -0.39 is 20.2 Å². The lowest BCUT2D eigenvalue weighted by atomic mass is 9.88. The first-order valence-electron chi connectivity index (χ1n) is 11.5. The molecule has 1 saturated carbocycles. The average molecular weight is 429 g/mol. The van der Waals surface area contributed by atoms with E-state index in [9.17, 15) is 9.90 Å². The maximum atomic E-state index is 11.5. The third-order valence-electron chi connectivity index (χ3n) is 6.71. The Labute approximate surface area is 176 Å². The van der Waals surface area contributed by atoms with Crippen LogP contribution < -0.4 is 0 Å². The van der Waals surface area contributed by atoms with E-state index in [1.54, 1.807) is 0 Å². The van der Waals surface area contributed by atoms with E-state index in [0.29, 0.717) is 31.5 Å². The molecular weight excluding hydrogens is 388 g/mol. The van der Waals surface area contributed by atoms with Gasteiger partial charge in [-0.15, -0.1) is 0 Å². The number of rotatable bonds is 8. The molecule has 29 heavy (non-hydrogen) atoms. The molecule has 7 heteroatoms. The van der Waals surface area contributed by atoms with Gasteiger partial charge in [-0.2, -0.15) is 0 Å². The van der Waals surface area contributed by atoms with Gasteiger partial charge in [-0.05, 0) is 63.1 Å². The molecule has 0 bridgehead atoms. The van der Waals surface area contributed by atoms with Crippen LogP contribution in [0.4, 0.5) is 0 Å². The Balaban J connectivity index is 1.67. The van der Waals surface area contributed by atoms with Crippen LogP contribution in [0.1, 0.15) is 52.4 Å². The van der Waals surface area contributed by atoms with Gasteiger partial charge in [0.05, 0.1) is 24.7 Å².